The molecule has 1 amide bonds. The van der Waals surface area contributed by atoms with Gasteiger partial charge >= 0.3 is 0 Å². The summed E-state index contributed by atoms with van der Waals surface area (Å²) in [7, 11) is 3.28. The van der Waals surface area contributed by atoms with E-state index in [1.54, 1.807) is 14.2 Å². The molecule has 0 aromatic rings. The first kappa shape index (κ1) is 24.4. The average Bonchev–Trinajstić information content (AvgIpc) is 2.47. The number of carbonyl (C=O) groups excluding carboxylic acids is 1. The third-order valence-corrected chi connectivity index (χ3v) is 2.23. The molecule has 20 heavy (non-hydrogen) atoms. The summed E-state index contributed by atoms with van der Waals surface area (Å²) in [5.41, 5.74) is 0. The van der Waals surface area contributed by atoms with Crippen molar-refractivity contribution >= 4 is 5.91 Å². The number of amides is 1. The monoisotopic (exact) mass is 292 g/mol. The van der Waals surface area contributed by atoms with Gasteiger partial charge in [-0.25, -0.2) is 0 Å². The molecule has 0 aromatic heterocycles. The van der Waals surface area contributed by atoms with Gasteiger partial charge in [-0.3, -0.25) is 4.79 Å². The van der Waals surface area contributed by atoms with Crippen molar-refractivity contribution in [3.8, 4) is 0 Å². The lowest BCUT2D eigenvalue weighted by atomic mass is 10.2. The van der Waals surface area contributed by atoms with Crippen LogP contribution in [0.2, 0.25) is 0 Å². The van der Waals surface area contributed by atoms with Crippen molar-refractivity contribution in [2.24, 2.45) is 0 Å². The highest BCUT2D eigenvalue weighted by Gasteiger charge is 2.00. The second kappa shape index (κ2) is 23.4. The number of rotatable bonds is 10. The first-order valence-corrected chi connectivity index (χ1v) is 7.82. The molecule has 5 heteroatoms. The number of unbranched alkanes of at least 4 members (excludes halogenated alkanes) is 2. The van der Waals surface area contributed by atoms with Crippen LogP contribution in [0.4, 0.5) is 0 Å². The van der Waals surface area contributed by atoms with Crippen molar-refractivity contribution in [2.75, 3.05) is 33.9 Å². The number of nitrogens with one attached hydrogen (secondary N) is 1. The number of nitrogens with zero attached hydrogens (tertiary/aromatic N) is 1. The van der Waals surface area contributed by atoms with Crippen LogP contribution < -0.4 is 5.32 Å². The van der Waals surface area contributed by atoms with Gasteiger partial charge in [-0.2, -0.15) is 5.06 Å². The molecule has 0 saturated carbocycles. The molecule has 5 nitrogen and oxygen atoms in total. The Kier molecular flexibility index (Phi) is 28.6. The molecule has 0 saturated heterocycles. The minimum absolute atomic E-state index is 0.105. The van der Waals surface area contributed by atoms with Gasteiger partial charge in [0.2, 0.25) is 5.91 Å². The van der Waals surface area contributed by atoms with E-state index in [-0.39, 0.29) is 5.91 Å². The number of carbonyl (C=O) groups is 1. The van der Waals surface area contributed by atoms with E-state index in [4.69, 9.17) is 9.94 Å². The molecule has 0 fully saturated rings. The fourth-order valence-electron chi connectivity index (χ4n) is 1.34. The van der Waals surface area contributed by atoms with E-state index in [1.165, 1.54) is 5.06 Å². The lowest BCUT2D eigenvalue weighted by molar-refractivity contribution is -0.121. The van der Waals surface area contributed by atoms with Gasteiger partial charge in [0.1, 0.15) is 0 Å². The van der Waals surface area contributed by atoms with Gasteiger partial charge < -0.3 is 15.3 Å². The first-order valence-electron chi connectivity index (χ1n) is 7.82. The quantitative estimate of drug-likeness (QED) is 0.480. The Morgan fingerprint density at radius 1 is 1.10 bits per heavy atom. The summed E-state index contributed by atoms with van der Waals surface area (Å²) in [6.45, 7) is 10.0. The van der Waals surface area contributed by atoms with Crippen molar-refractivity contribution in [3.63, 3.8) is 0 Å². The zero-order valence-corrected chi connectivity index (χ0v) is 14.4. The fourth-order valence-corrected chi connectivity index (χ4v) is 1.34. The van der Waals surface area contributed by atoms with E-state index >= 15 is 0 Å². The van der Waals surface area contributed by atoms with E-state index in [2.05, 4.69) is 5.32 Å². The third kappa shape index (κ3) is 26.0. The topological polar surface area (TPSA) is 61.8 Å². The maximum atomic E-state index is 11.3. The predicted octanol–water partition coefficient (Wildman–Crippen LogP) is 3.07. The molecule has 0 aliphatic carbocycles. The molecular formula is C15H36N2O3. The second-order valence-corrected chi connectivity index (χ2v) is 3.89. The van der Waals surface area contributed by atoms with E-state index < -0.39 is 0 Å². The highest BCUT2D eigenvalue weighted by Crippen LogP contribution is 2.00. The number of hydrogen-bond acceptors (Lipinski definition) is 4. The van der Waals surface area contributed by atoms with Crippen molar-refractivity contribution in [3.05, 3.63) is 0 Å². The summed E-state index contributed by atoms with van der Waals surface area (Å²) in [5, 5.41) is 12.9. The van der Waals surface area contributed by atoms with Crippen molar-refractivity contribution in [1.82, 2.24) is 10.4 Å². The molecule has 2 N–H and O–H groups in total. The molecule has 0 radical (unpaired) electrons. The average molecular weight is 292 g/mol. The van der Waals surface area contributed by atoms with Crippen molar-refractivity contribution in [1.29, 1.82) is 0 Å². The van der Waals surface area contributed by atoms with Crippen LogP contribution in [0.25, 0.3) is 0 Å². The van der Waals surface area contributed by atoms with Crippen LogP contribution in [0.15, 0.2) is 0 Å². The Bertz CT molecular complexity index is 177. The van der Waals surface area contributed by atoms with Crippen LogP contribution in [0.3, 0.4) is 0 Å². The van der Waals surface area contributed by atoms with Gasteiger partial charge in [-0.15, -0.1) is 0 Å². The fraction of sp³-hybridized carbons (Fsp3) is 0.933. The minimum Gasteiger partial charge on any atom is -0.385 e. The maximum Gasteiger partial charge on any atom is 0.219 e. The smallest absolute Gasteiger partial charge is 0.219 e. The Morgan fingerprint density at radius 2 is 1.70 bits per heavy atom. The van der Waals surface area contributed by atoms with E-state index in [0.29, 0.717) is 26.1 Å². The molecule has 0 heterocycles. The number of ether oxygens (including phenoxy) is 1. The normalized spacial score (nSPS) is 9.20. The van der Waals surface area contributed by atoms with Crippen LogP contribution in [-0.2, 0) is 9.53 Å². The van der Waals surface area contributed by atoms with E-state index in [1.807, 2.05) is 27.7 Å². The van der Waals surface area contributed by atoms with Crippen molar-refractivity contribution in [2.45, 2.75) is 59.8 Å². The summed E-state index contributed by atoms with van der Waals surface area (Å²) in [5.74, 6) is 0.105. The molecular weight excluding hydrogens is 256 g/mol. The number of hydroxylamine groups is 2. The van der Waals surface area contributed by atoms with Gasteiger partial charge in [0.15, 0.2) is 0 Å². The SMILES string of the molecule is CC.CC.COCCCNC(=O)CCCCCN(C)O. The zero-order chi connectivity index (χ0) is 16.2. The molecule has 0 aliphatic rings. The Hall–Kier alpha value is -0.650. The molecule has 0 bridgehead atoms. The Morgan fingerprint density at radius 3 is 2.20 bits per heavy atom. The van der Waals surface area contributed by atoms with Gasteiger partial charge in [0, 0.05) is 40.3 Å². The van der Waals surface area contributed by atoms with Crippen LogP contribution in [-0.4, -0.2) is 50.0 Å². The molecule has 0 aliphatic heterocycles. The third-order valence-electron chi connectivity index (χ3n) is 2.23. The van der Waals surface area contributed by atoms with Crippen LogP contribution in [0.1, 0.15) is 59.8 Å². The van der Waals surface area contributed by atoms with Crippen LogP contribution >= 0.6 is 0 Å². The lowest BCUT2D eigenvalue weighted by Gasteiger charge is -2.07. The number of hydrogen-bond donors (Lipinski definition) is 2. The zero-order valence-electron chi connectivity index (χ0n) is 14.4. The Labute approximate surface area is 125 Å². The highest BCUT2D eigenvalue weighted by atomic mass is 16.5. The van der Waals surface area contributed by atoms with E-state index in [0.717, 1.165) is 25.7 Å². The molecule has 0 aromatic carbocycles. The van der Waals surface area contributed by atoms with Gasteiger partial charge in [-0.1, -0.05) is 34.1 Å². The molecule has 0 spiro atoms. The second-order valence-electron chi connectivity index (χ2n) is 3.89. The Balaban J connectivity index is -0.000000656. The molecule has 0 rings (SSSR count). The summed E-state index contributed by atoms with van der Waals surface area (Å²) in [4.78, 5) is 11.3. The lowest BCUT2D eigenvalue weighted by Crippen LogP contribution is -2.24. The first-order chi connectivity index (χ1) is 9.66. The van der Waals surface area contributed by atoms with Gasteiger partial charge in [-0.05, 0) is 19.3 Å². The molecule has 0 unspecified atom stereocenters. The summed E-state index contributed by atoms with van der Waals surface area (Å²) >= 11 is 0. The summed E-state index contributed by atoms with van der Waals surface area (Å²) in [6, 6.07) is 0. The van der Waals surface area contributed by atoms with Gasteiger partial charge in [0.25, 0.3) is 0 Å². The van der Waals surface area contributed by atoms with Crippen molar-refractivity contribution < 1.29 is 14.7 Å². The number of methoxy groups -OCH3 is 1. The van der Waals surface area contributed by atoms with Crippen LogP contribution in [0.5, 0.6) is 0 Å². The van der Waals surface area contributed by atoms with Crippen LogP contribution in [0, 0.1) is 0 Å². The highest BCUT2D eigenvalue weighted by molar-refractivity contribution is 5.75. The minimum atomic E-state index is 0.105. The molecule has 0 atom stereocenters. The summed E-state index contributed by atoms with van der Waals surface area (Å²) < 4.78 is 4.88. The molecule has 124 valence electrons. The summed E-state index contributed by atoms with van der Waals surface area (Å²) in [6.07, 6.45) is 4.20. The largest absolute Gasteiger partial charge is 0.385 e. The standard InChI is InChI=1S/C11H24N2O3.2C2H6/c1-13(15)9-5-3-4-7-11(14)12-8-6-10-16-2;2*1-2/h15H,3-10H2,1-2H3,(H,12,14);2*1-2H3. The van der Waals surface area contributed by atoms with E-state index in [9.17, 15) is 4.79 Å². The maximum absolute atomic E-state index is 11.3. The van der Waals surface area contributed by atoms with Gasteiger partial charge in [0.05, 0.1) is 0 Å². The predicted molar refractivity (Wildman–Crippen MR) is 85.1 cm³/mol.